The fourth-order valence-electron chi connectivity index (χ4n) is 5.80. The summed E-state index contributed by atoms with van der Waals surface area (Å²) in [5.41, 5.74) is 0.649. The fourth-order valence-corrected chi connectivity index (χ4v) is 7.39. The van der Waals surface area contributed by atoms with Crippen molar-refractivity contribution >= 4 is 38.6 Å². The molecule has 220 valence electrons. The minimum atomic E-state index is -4.02. The minimum Gasteiger partial charge on any atom is -0.508 e. The van der Waals surface area contributed by atoms with Crippen LogP contribution in [0.2, 0.25) is 0 Å². The number of pyridine rings is 1. The Bertz CT molecular complexity index is 1790. The Balaban J connectivity index is 1.25. The van der Waals surface area contributed by atoms with E-state index in [4.69, 9.17) is 4.74 Å². The summed E-state index contributed by atoms with van der Waals surface area (Å²) in [6, 6.07) is 18.9. The molecule has 43 heavy (non-hydrogen) atoms. The Morgan fingerprint density at radius 3 is 2.56 bits per heavy atom. The molecular weight excluding hydrogens is 572 g/mol. The van der Waals surface area contributed by atoms with Crippen molar-refractivity contribution < 1.29 is 32.6 Å². The highest BCUT2D eigenvalue weighted by Gasteiger charge is 2.54. The Labute approximate surface area is 247 Å². The van der Waals surface area contributed by atoms with Crippen LogP contribution in [0.15, 0.2) is 96.2 Å². The Morgan fingerprint density at radius 2 is 1.79 bits per heavy atom. The lowest BCUT2D eigenvalue weighted by atomic mass is 10.0. The molecule has 0 bridgehead atoms. The van der Waals surface area contributed by atoms with Gasteiger partial charge in [-0.2, -0.15) is 4.31 Å². The van der Waals surface area contributed by atoms with Gasteiger partial charge in [0.2, 0.25) is 15.9 Å². The number of hydrogen-bond donors (Lipinski definition) is 2. The number of aromatic nitrogens is 1. The summed E-state index contributed by atoms with van der Waals surface area (Å²) < 4.78 is 33.5. The first kappa shape index (κ1) is 28.3. The summed E-state index contributed by atoms with van der Waals surface area (Å²) in [7, 11) is -4.02. The molecule has 3 atom stereocenters. The zero-order chi connectivity index (χ0) is 30.1. The third-order valence-corrected chi connectivity index (χ3v) is 9.67. The van der Waals surface area contributed by atoms with E-state index < -0.39 is 45.9 Å². The van der Waals surface area contributed by atoms with Gasteiger partial charge in [0.15, 0.2) is 5.78 Å². The standard InChI is InChI=1S/C31H28N4O7S/c36-22-12-10-20(11-13-22)17-25(33-31(39)42-28-9-3-6-21-5-1-2-8-24(21)28)30(38)34-16-14-26-29(34)27(37)19-35(26)43(40,41)23-7-4-15-32-18-23/h1-13,15,18,25-26,29,36H,14,16-17,19H2,(H,33,39). The normalized spacial score (nSPS) is 19.3. The van der Waals surface area contributed by atoms with Gasteiger partial charge in [-0.15, -0.1) is 0 Å². The zero-order valence-corrected chi connectivity index (χ0v) is 23.7. The van der Waals surface area contributed by atoms with Gasteiger partial charge >= 0.3 is 6.09 Å². The number of nitrogens with zero attached hydrogens (tertiary/aromatic N) is 3. The van der Waals surface area contributed by atoms with E-state index in [0.717, 1.165) is 15.1 Å². The second-order valence-corrected chi connectivity index (χ2v) is 12.4. The third kappa shape index (κ3) is 5.54. The lowest BCUT2D eigenvalue weighted by Gasteiger charge is -2.28. The maximum atomic E-state index is 14.0. The molecule has 2 aliphatic heterocycles. The van der Waals surface area contributed by atoms with Crippen LogP contribution >= 0.6 is 0 Å². The molecule has 3 aromatic carbocycles. The molecule has 0 spiro atoms. The SMILES string of the molecule is O=C(NC(Cc1ccc(O)cc1)C(=O)N1CCC2C1C(=O)CN2S(=O)(=O)c1cccnc1)Oc1cccc2ccccc12. The average Bonchev–Trinajstić information content (AvgIpc) is 3.59. The number of carbonyl (C=O) groups is 3. The molecule has 11 nitrogen and oxygen atoms in total. The smallest absolute Gasteiger partial charge is 0.413 e. The minimum absolute atomic E-state index is 0.0312. The van der Waals surface area contributed by atoms with Gasteiger partial charge in [-0.05, 0) is 47.7 Å². The molecule has 12 heteroatoms. The predicted octanol–water partition coefficient (Wildman–Crippen LogP) is 2.88. The molecule has 4 aromatic rings. The maximum Gasteiger partial charge on any atom is 0.413 e. The molecule has 2 saturated heterocycles. The number of ether oxygens (including phenoxy) is 1. The van der Waals surface area contributed by atoms with Crippen LogP contribution in [-0.2, 0) is 26.0 Å². The van der Waals surface area contributed by atoms with Crippen LogP contribution in [0.5, 0.6) is 11.5 Å². The molecule has 0 aliphatic carbocycles. The number of nitrogens with one attached hydrogen (secondary N) is 1. The fraction of sp³-hybridized carbons (Fsp3) is 0.226. The molecule has 3 unspecified atom stereocenters. The van der Waals surface area contributed by atoms with Crippen LogP contribution in [-0.4, -0.2) is 76.7 Å². The largest absolute Gasteiger partial charge is 0.508 e. The second-order valence-electron chi connectivity index (χ2n) is 10.5. The summed E-state index contributed by atoms with van der Waals surface area (Å²) in [5.74, 6) is -0.576. The molecule has 0 saturated carbocycles. The van der Waals surface area contributed by atoms with Gasteiger partial charge in [0.25, 0.3) is 0 Å². The van der Waals surface area contributed by atoms with Crippen molar-refractivity contribution in [1.82, 2.24) is 19.5 Å². The molecule has 2 aliphatic rings. The Hall–Kier alpha value is -4.81. The summed E-state index contributed by atoms with van der Waals surface area (Å²) in [6.45, 7) is -0.235. The van der Waals surface area contributed by atoms with Gasteiger partial charge in [-0.25, -0.2) is 13.2 Å². The summed E-state index contributed by atoms with van der Waals surface area (Å²) in [6.07, 6.45) is 2.13. The highest BCUT2D eigenvalue weighted by atomic mass is 32.2. The van der Waals surface area contributed by atoms with E-state index in [9.17, 15) is 27.9 Å². The van der Waals surface area contributed by atoms with Crippen molar-refractivity contribution in [2.45, 2.75) is 35.9 Å². The second kappa shape index (κ2) is 11.5. The number of rotatable bonds is 7. The number of sulfonamides is 1. The van der Waals surface area contributed by atoms with Crippen LogP contribution < -0.4 is 10.1 Å². The lowest BCUT2D eigenvalue weighted by molar-refractivity contribution is -0.138. The van der Waals surface area contributed by atoms with Crippen molar-refractivity contribution in [2.24, 2.45) is 0 Å². The number of carbonyl (C=O) groups excluding carboxylic acids is 3. The van der Waals surface area contributed by atoms with Gasteiger partial charge in [0, 0.05) is 30.7 Å². The van der Waals surface area contributed by atoms with Gasteiger partial charge < -0.3 is 20.1 Å². The van der Waals surface area contributed by atoms with Crippen molar-refractivity contribution in [1.29, 1.82) is 0 Å². The average molecular weight is 601 g/mol. The van der Waals surface area contributed by atoms with Crippen LogP contribution in [0.4, 0.5) is 4.79 Å². The monoisotopic (exact) mass is 600 g/mol. The first-order valence-electron chi connectivity index (χ1n) is 13.7. The van der Waals surface area contributed by atoms with Crippen LogP contribution in [0.1, 0.15) is 12.0 Å². The third-order valence-electron chi connectivity index (χ3n) is 7.82. The molecule has 6 rings (SSSR count). The lowest BCUT2D eigenvalue weighted by Crippen LogP contribution is -2.53. The van der Waals surface area contributed by atoms with E-state index in [0.29, 0.717) is 11.3 Å². The van der Waals surface area contributed by atoms with E-state index in [1.54, 1.807) is 24.3 Å². The highest BCUT2D eigenvalue weighted by Crippen LogP contribution is 2.34. The zero-order valence-electron chi connectivity index (χ0n) is 22.9. The number of phenolic OH excluding ortho intramolecular Hbond substituents is 1. The quantitative estimate of drug-likeness (QED) is 0.329. The van der Waals surface area contributed by atoms with Crippen molar-refractivity contribution in [2.75, 3.05) is 13.1 Å². The van der Waals surface area contributed by atoms with E-state index in [2.05, 4.69) is 10.3 Å². The van der Waals surface area contributed by atoms with Gasteiger partial charge in [0.1, 0.15) is 28.5 Å². The number of fused-ring (bicyclic) bond motifs is 2. The van der Waals surface area contributed by atoms with Crippen LogP contribution in [0.3, 0.4) is 0 Å². The van der Waals surface area contributed by atoms with Crippen molar-refractivity contribution in [3.63, 3.8) is 0 Å². The van der Waals surface area contributed by atoms with E-state index in [1.807, 2.05) is 30.3 Å². The van der Waals surface area contributed by atoms with E-state index in [-0.39, 0.29) is 36.6 Å². The molecule has 0 radical (unpaired) electrons. The first-order valence-corrected chi connectivity index (χ1v) is 15.2. The van der Waals surface area contributed by atoms with E-state index >= 15 is 0 Å². The van der Waals surface area contributed by atoms with Crippen LogP contribution in [0, 0.1) is 0 Å². The Morgan fingerprint density at radius 1 is 1.02 bits per heavy atom. The number of benzene rings is 3. The number of phenols is 1. The number of amides is 2. The highest BCUT2D eigenvalue weighted by molar-refractivity contribution is 7.89. The molecule has 2 amide bonds. The van der Waals surface area contributed by atoms with E-state index in [1.165, 1.54) is 41.6 Å². The van der Waals surface area contributed by atoms with Gasteiger partial charge in [-0.1, -0.05) is 48.5 Å². The van der Waals surface area contributed by atoms with Crippen molar-refractivity contribution in [3.8, 4) is 11.5 Å². The number of likely N-dealkylation sites (tertiary alicyclic amines) is 1. The Kier molecular flexibility index (Phi) is 7.55. The molecule has 2 N–H and O–H groups in total. The van der Waals surface area contributed by atoms with Gasteiger partial charge in [-0.3, -0.25) is 14.6 Å². The number of aromatic hydroxyl groups is 1. The van der Waals surface area contributed by atoms with Crippen molar-refractivity contribution in [3.05, 3.63) is 96.8 Å². The summed E-state index contributed by atoms with van der Waals surface area (Å²) in [5, 5.41) is 14.0. The predicted molar refractivity (Wildman–Crippen MR) is 156 cm³/mol. The van der Waals surface area contributed by atoms with Crippen LogP contribution in [0.25, 0.3) is 10.8 Å². The summed E-state index contributed by atoms with van der Waals surface area (Å²) in [4.78, 5) is 45.6. The topological polar surface area (TPSA) is 146 Å². The molecule has 3 heterocycles. The molecule has 2 fully saturated rings. The number of Topliss-reactive ketones (excluding diaryl/α,β-unsaturated/α-hetero) is 1. The first-order chi connectivity index (χ1) is 20.7. The maximum absolute atomic E-state index is 14.0. The number of ketones is 1. The number of hydrogen-bond acceptors (Lipinski definition) is 8. The molecule has 1 aromatic heterocycles. The van der Waals surface area contributed by atoms with Gasteiger partial charge in [0.05, 0.1) is 12.6 Å². The summed E-state index contributed by atoms with van der Waals surface area (Å²) >= 11 is 0. The molecular formula is C31H28N4O7S.